The molecule has 0 saturated carbocycles. The quantitative estimate of drug-likeness (QED) is 0.300. The minimum atomic E-state index is 0.173. The molecular formula is C25H22ClN5OS. The summed E-state index contributed by atoms with van der Waals surface area (Å²) in [5, 5.41) is 13.0. The highest BCUT2D eigenvalue weighted by atomic mass is 35.5. The standard InChI is InChI=1S/C25H22ClN5OS/c26-21-10-9-16-5-3-11-27-23(16)20(21)15-33-25-30-29-24(31(25)14-17-6-4-12-32-17)19-13-28-22-8-2-1-7-18(19)22/h1-3,5,7-11,13,17,28H,4,6,12,14-15H2. The number of aromatic nitrogens is 5. The molecular weight excluding hydrogens is 454 g/mol. The van der Waals surface area contributed by atoms with E-state index in [0.717, 1.165) is 74.9 Å². The van der Waals surface area contributed by atoms with E-state index in [-0.39, 0.29) is 6.10 Å². The van der Waals surface area contributed by atoms with Crippen molar-refractivity contribution >= 4 is 45.2 Å². The Labute approximate surface area is 200 Å². The van der Waals surface area contributed by atoms with Crippen molar-refractivity contribution in [1.29, 1.82) is 0 Å². The number of thioether (sulfide) groups is 1. The highest BCUT2D eigenvalue weighted by Crippen LogP contribution is 2.34. The zero-order valence-corrected chi connectivity index (χ0v) is 19.4. The Morgan fingerprint density at radius 1 is 1.12 bits per heavy atom. The van der Waals surface area contributed by atoms with Gasteiger partial charge in [-0.25, -0.2) is 0 Å². The molecule has 0 aliphatic carbocycles. The van der Waals surface area contributed by atoms with Gasteiger partial charge in [-0.15, -0.1) is 10.2 Å². The third-order valence-electron chi connectivity index (χ3n) is 6.13. The molecule has 1 N–H and O–H groups in total. The van der Waals surface area contributed by atoms with E-state index in [4.69, 9.17) is 16.3 Å². The zero-order valence-electron chi connectivity index (χ0n) is 17.9. The lowest BCUT2D eigenvalue weighted by Gasteiger charge is -2.15. The number of rotatable bonds is 6. The SMILES string of the molecule is Clc1ccc2cccnc2c1CSc1nnc(-c2c[nH]c3ccccc23)n1CC1CCCO1. The molecule has 4 heterocycles. The third kappa shape index (κ3) is 3.90. The summed E-state index contributed by atoms with van der Waals surface area (Å²) in [6.07, 6.45) is 6.14. The lowest BCUT2D eigenvalue weighted by Crippen LogP contribution is -2.16. The number of aromatic amines is 1. The molecule has 1 saturated heterocycles. The number of para-hydroxylation sites is 1. The van der Waals surface area contributed by atoms with Gasteiger partial charge in [0.05, 0.1) is 18.2 Å². The van der Waals surface area contributed by atoms with Crippen molar-refractivity contribution in [2.75, 3.05) is 6.61 Å². The average Bonchev–Trinajstić information content (AvgIpc) is 3.59. The van der Waals surface area contributed by atoms with Crippen molar-refractivity contribution in [2.24, 2.45) is 0 Å². The summed E-state index contributed by atoms with van der Waals surface area (Å²) >= 11 is 8.21. The third-order valence-corrected chi connectivity index (χ3v) is 7.47. The second-order valence-electron chi connectivity index (χ2n) is 8.19. The van der Waals surface area contributed by atoms with E-state index >= 15 is 0 Å². The van der Waals surface area contributed by atoms with Crippen molar-refractivity contribution in [1.82, 2.24) is 24.7 Å². The topological polar surface area (TPSA) is 68.6 Å². The van der Waals surface area contributed by atoms with Crippen LogP contribution in [0.3, 0.4) is 0 Å². The molecule has 1 unspecified atom stereocenters. The van der Waals surface area contributed by atoms with Crippen LogP contribution in [-0.2, 0) is 17.0 Å². The number of ether oxygens (including phenoxy) is 1. The van der Waals surface area contributed by atoms with E-state index in [9.17, 15) is 0 Å². The number of hydrogen-bond acceptors (Lipinski definition) is 5. The summed E-state index contributed by atoms with van der Waals surface area (Å²) in [5.74, 6) is 1.51. The van der Waals surface area contributed by atoms with Gasteiger partial charge in [-0.1, -0.05) is 53.7 Å². The largest absolute Gasteiger partial charge is 0.376 e. The molecule has 1 fully saturated rings. The smallest absolute Gasteiger partial charge is 0.191 e. The maximum atomic E-state index is 6.58. The minimum absolute atomic E-state index is 0.173. The fourth-order valence-electron chi connectivity index (χ4n) is 4.46. The number of fused-ring (bicyclic) bond motifs is 2. The maximum Gasteiger partial charge on any atom is 0.191 e. The highest BCUT2D eigenvalue weighted by Gasteiger charge is 2.23. The predicted molar refractivity (Wildman–Crippen MR) is 133 cm³/mol. The fraction of sp³-hybridized carbons (Fsp3) is 0.240. The van der Waals surface area contributed by atoms with Gasteiger partial charge in [0.1, 0.15) is 0 Å². The summed E-state index contributed by atoms with van der Waals surface area (Å²) in [5.41, 5.74) is 4.08. The van der Waals surface area contributed by atoms with Crippen molar-refractivity contribution in [2.45, 2.75) is 36.4 Å². The predicted octanol–water partition coefficient (Wildman–Crippen LogP) is 6.10. The van der Waals surface area contributed by atoms with E-state index in [0.29, 0.717) is 5.75 Å². The number of benzene rings is 2. The molecule has 0 bridgehead atoms. The van der Waals surface area contributed by atoms with Crippen molar-refractivity contribution in [3.63, 3.8) is 0 Å². The molecule has 166 valence electrons. The normalized spacial score (nSPS) is 16.2. The molecule has 1 aliphatic heterocycles. The van der Waals surface area contributed by atoms with Gasteiger partial charge in [0, 0.05) is 57.2 Å². The maximum absolute atomic E-state index is 6.58. The first-order valence-corrected chi connectivity index (χ1v) is 12.4. The summed E-state index contributed by atoms with van der Waals surface area (Å²) in [6, 6.07) is 16.2. The average molecular weight is 476 g/mol. The molecule has 0 amide bonds. The van der Waals surface area contributed by atoms with Gasteiger partial charge < -0.3 is 9.72 Å². The number of nitrogens with one attached hydrogen (secondary N) is 1. The Morgan fingerprint density at radius 2 is 2.06 bits per heavy atom. The van der Waals surface area contributed by atoms with Crippen LogP contribution in [0.15, 0.2) is 66.1 Å². The molecule has 3 aromatic heterocycles. The van der Waals surface area contributed by atoms with Crippen LogP contribution < -0.4 is 0 Å². The van der Waals surface area contributed by atoms with Gasteiger partial charge >= 0.3 is 0 Å². The van der Waals surface area contributed by atoms with Crippen LogP contribution >= 0.6 is 23.4 Å². The van der Waals surface area contributed by atoms with Crippen molar-refractivity contribution in [3.8, 4) is 11.4 Å². The molecule has 8 heteroatoms. The summed E-state index contributed by atoms with van der Waals surface area (Å²) in [4.78, 5) is 7.93. The lowest BCUT2D eigenvalue weighted by molar-refractivity contribution is 0.0953. The number of pyridine rings is 1. The first-order valence-electron chi connectivity index (χ1n) is 11.0. The summed E-state index contributed by atoms with van der Waals surface area (Å²) < 4.78 is 8.15. The molecule has 0 radical (unpaired) electrons. The number of nitrogens with zero attached hydrogens (tertiary/aromatic N) is 4. The molecule has 6 rings (SSSR count). The molecule has 33 heavy (non-hydrogen) atoms. The minimum Gasteiger partial charge on any atom is -0.376 e. The summed E-state index contributed by atoms with van der Waals surface area (Å²) in [6.45, 7) is 1.54. The second kappa shape index (κ2) is 8.82. The number of halogens is 1. The Balaban J connectivity index is 1.38. The van der Waals surface area contributed by atoms with Gasteiger partial charge in [-0.05, 0) is 31.0 Å². The Kier molecular flexibility index (Phi) is 5.54. The van der Waals surface area contributed by atoms with Gasteiger partial charge in [0.15, 0.2) is 11.0 Å². The molecule has 0 spiro atoms. The number of hydrogen-bond donors (Lipinski definition) is 1. The monoisotopic (exact) mass is 475 g/mol. The molecule has 5 aromatic rings. The fourth-order valence-corrected chi connectivity index (χ4v) is 5.74. The van der Waals surface area contributed by atoms with Crippen LogP contribution in [-0.4, -0.2) is 37.4 Å². The molecule has 2 aromatic carbocycles. The van der Waals surface area contributed by atoms with Gasteiger partial charge in [-0.2, -0.15) is 0 Å². The van der Waals surface area contributed by atoms with Crippen LogP contribution in [0.4, 0.5) is 0 Å². The van der Waals surface area contributed by atoms with E-state index < -0.39 is 0 Å². The van der Waals surface area contributed by atoms with Gasteiger partial charge in [-0.3, -0.25) is 9.55 Å². The van der Waals surface area contributed by atoms with Crippen LogP contribution in [0.5, 0.6) is 0 Å². The van der Waals surface area contributed by atoms with Crippen molar-refractivity contribution < 1.29 is 4.74 Å². The van der Waals surface area contributed by atoms with Crippen LogP contribution in [0.25, 0.3) is 33.2 Å². The van der Waals surface area contributed by atoms with Crippen molar-refractivity contribution in [3.05, 3.63) is 71.5 Å². The lowest BCUT2D eigenvalue weighted by atomic mass is 10.1. The molecule has 1 aliphatic rings. The molecule has 6 nitrogen and oxygen atoms in total. The first-order chi connectivity index (χ1) is 16.3. The first kappa shape index (κ1) is 20.7. The van der Waals surface area contributed by atoms with Gasteiger partial charge in [0.25, 0.3) is 0 Å². The molecule has 1 atom stereocenters. The highest BCUT2D eigenvalue weighted by molar-refractivity contribution is 7.98. The summed E-state index contributed by atoms with van der Waals surface area (Å²) in [7, 11) is 0. The van der Waals surface area contributed by atoms with Crippen LogP contribution in [0.1, 0.15) is 18.4 Å². The van der Waals surface area contributed by atoms with E-state index in [1.165, 1.54) is 0 Å². The van der Waals surface area contributed by atoms with E-state index in [2.05, 4.69) is 42.9 Å². The zero-order chi connectivity index (χ0) is 22.2. The van der Waals surface area contributed by atoms with E-state index in [1.807, 2.05) is 42.7 Å². The van der Waals surface area contributed by atoms with E-state index in [1.54, 1.807) is 11.8 Å². The Bertz CT molecular complexity index is 1440. The Morgan fingerprint density at radius 3 is 2.97 bits per heavy atom. The Hall–Kier alpha value is -2.87. The van der Waals surface area contributed by atoms with Gasteiger partial charge in [0.2, 0.25) is 0 Å². The van der Waals surface area contributed by atoms with Crippen LogP contribution in [0, 0.1) is 0 Å². The number of H-pyrrole nitrogens is 1. The van der Waals surface area contributed by atoms with Crippen LogP contribution in [0.2, 0.25) is 5.02 Å². The second-order valence-corrected chi connectivity index (χ2v) is 9.54.